The minimum atomic E-state index is 0. The summed E-state index contributed by atoms with van der Waals surface area (Å²) in [6.45, 7) is 0. The first kappa shape index (κ1) is 9.07. The summed E-state index contributed by atoms with van der Waals surface area (Å²) in [5.74, 6) is 0. The van der Waals surface area contributed by atoms with Crippen molar-refractivity contribution < 1.29 is 0 Å². The van der Waals surface area contributed by atoms with Crippen LogP contribution in [0.25, 0.3) is 0 Å². The van der Waals surface area contributed by atoms with Crippen LogP contribution in [0.15, 0.2) is 18.2 Å². The Labute approximate surface area is 64.6 Å². The largest absolute Gasteiger partial charge is 0.399 e. The van der Waals surface area contributed by atoms with E-state index < -0.39 is 0 Å². The van der Waals surface area contributed by atoms with E-state index >= 15 is 0 Å². The Morgan fingerprint density at radius 3 is 1.70 bits per heavy atom. The second kappa shape index (κ2) is 3.29. The zero-order valence-electron chi connectivity index (χ0n) is 5.47. The molecule has 0 heterocycles. The van der Waals surface area contributed by atoms with Gasteiger partial charge in [0.1, 0.15) is 0 Å². The number of halogens is 1. The van der Waals surface area contributed by atoms with Crippen LogP contribution >= 0.6 is 11.6 Å². The Morgan fingerprint density at radius 1 is 1.00 bits per heavy atom. The molecule has 0 aliphatic carbocycles. The second-order valence-electron chi connectivity index (χ2n) is 1.82. The molecule has 0 amide bonds. The van der Waals surface area contributed by atoms with Gasteiger partial charge in [0.15, 0.2) is 0 Å². The average molecular weight is 160 g/mol. The number of benzene rings is 1. The van der Waals surface area contributed by atoms with Crippen molar-refractivity contribution in [1.29, 1.82) is 0 Å². The number of nitrogens with two attached hydrogens (primary N) is 2. The first-order valence-corrected chi connectivity index (χ1v) is 2.88. The molecule has 0 fully saturated rings. The molecule has 0 unspecified atom stereocenters. The van der Waals surface area contributed by atoms with Crippen molar-refractivity contribution in [2.45, 2.75) is 0 Å². The van der Waals surface area contributed by atoms with E-state index in [2.05, 4.69) is 0 Å². The van der Waals surface area contributed by atoms with E-state index in [9.17, 15) is 0 Å². The zero-order chi connectivity index (χ0) is 6.85. The molecular formula is C6H10ClN3. The van der Waals surface area contributed by atoms with Crippen molar-refractivity contribution in [3.8, 4) is 0 Å². The van der Waals surface area contributed by atoms with Gasteiger partial charge in [0.05, 0.1) is 0 Å². The van der Waals surface area contributed by atoms with E-state index in [1.165, 1.54) is 0 Å². The van der Waals surface area contributed by atoms with Crippen molar-refractivity contribution in [3.63, 3.8) is 0 Å². The summed E-state index contributed by atoms with van der Waals surface area (Å²) in [6, 6.07) is 4.96. The maximum absolute atomic E-state index is 5.59. The van der Waals surface area contributed by atoms with Crippen molar-refractivity contribution in [2.24, 2.45) is 0 Å². The van der Waals surface area contributed by atoms with Gasteiger partial charge < -0.3 is 17.6 Å². The molecule has 0 aromatic heterocycles. The van der Waals surface area contributed by atoms with Crippen molar-refractivity contribution in [1.82, 2.24) is 6.15 Å². The van der Waals surface area contributed by atoms with Gasteiger partial charge in [-0.25, -0.2) is 0 Å². The molecule has 7 N–H and O–H groups in total. The van der Waals surface area contributed by atoms with Gasteiger partial charge in [-0.2, -0.15) is 0 Å². The van der Waals surface area contributed by atoms with Gasteiger partial charge >= 0.3 is 0 Å². The van der Waals surface area contributed by atoms with Crippen molar-refractivity contribution >= 4 is 23.0 Å². The Morgan fingerprint density at radius 2 is 1.40 bits per heavy atom. The van der Waals surface area contributed by atoms with E-state index in [1.54, 1.807) is 18.2 Å². The normalized spacial score (nSPS) is 8.50. The zero-order valence-corrected chi connectivity index (χ0v) is 6.23. The quantitative estimate of drug-likeness (QED) is 0.503. The number of nitrogen functional groups attached to an aromatic ring is 2. The van der Waals surface area contributed by atoms with Gasteiger partial charge in [0.25, 0.3) is 0 Å². The molecule has 0 spiro atoms. The fourth-order valence-electron chi connectivity index (χ4n) is 0.636. The average Bonchev–Trinajstić information content (AvgIpc) is 1.59. The SMILES string of the molecule is N.Nc1cc(N)cc(Cl)c1. The fourth-order valence-corrected chi connectivity index (χ4v) is 0.888. The Hall–Kier alpha value is -0.930. The van der Waals surface area contributed by atoms with E-state index in [0.717, 1.165) is 0 Å². The summed E-state index contributed by atoms with van der Waals surface area (Å²) in [6.07, 6.45) is 0. The third-order valence-electron chi connectivity index (χ3n) is 0.942. The number of hydrogen-bond acceptors (Lipinski definition) is 3. The molecule has 0 saturated heterocycles. The number of rotatable bonds is 0. The van der Waals surface area contributed by atoms with Gasteiger partial charge in [0.2, 0.25) is 0 Å². The standard InChI is InChI=1S/C6H7ClN2.H3N/c7-4-1-5(8)3-6(9)2-4;/h1-3H,8-9H2;1H3. The smallest absolute Gasteiger partial charge is 0.0446 e. The fraction of sp³-hybridized carbons (Fsp3) is 0. The van der Waals surface area contributed by atoms with E-state index in [1.807, 2.05) is 0 Å². The van der Waals surface area contributed by atoms with Crippen molar-refractivity contribution in [2.75, 3.05) is 11.5 Å². The molecular weight excluding hydrogens is 150 g/mol. The second-order valence-corrected chi connectivity index (χ2v) is 2.25. The highest BCUT2D eigenvalue weighted by molar-refractivity contribution is 6.31. The van der Waals surface area contributed by atoms with Gasteiger partial charge in [-0.1, -0.05) is 11.6 Å². The molecule has 0 saturated carbocycles. The minimum absolute atomic E-state index is 0. The first-order valence-electron chi connectivity index (χ1n) is 2.50. The van der Waals surface area contributed by atoms with Gasteiger partial charge in [-0.3, -0.25) is 0 Å². The van der Waals surface area contributed by atoms with Gasteiger partial charge in [-0.15, -0.1) is 0 Å². The number of hydrogen-bond donors (Lipinski definition) is 3. The maximum Gasteiger partial charge on any atom is 0.0446 e. The third kappa shape index (κ3) is 2.13. The maximum atomic E-state index is 5.59. The molecule has 0 atom stereocenters. The van der Waals surface area contributed by atoms with Crippen LogP contribution in [-0.2, 0) is 0 Å². The molecule has 0 radical (unpaired) electrons. The van der Waals surface area contributed by atoms with Crippen LogP contribution in [-0.4, -0.2) is 0 Å². The topological polar surface area (TPSA) is 87.0 Å². The summed E-state index contributed by atoms with van der Waals surface area (Å²) in [5, 5.41) is 0.576. The molecule has 1 rings (SSSR count). The molecule has 10 heavy (non-hydrogen) atoms. The lowest BCUT2D eigenvalue weighted by Crippen LogP contribution is -1.88. The highest BCUT2D eigenvalue weighted by atomic mass is 35.5. The van der Waals surface area contributed by atoms with Crippen LogP contribution in [0.5, 0.6) is 0 Å². The van der Waals surface area contributed by atoms with Gasteiger partial charge in [0, 0.05) is 16.4 Å². The molecule has 0 aliphatic rings. The summed E-state index contributed by atoms with van der Waals surface area (Å²) >= 11 is 5.59. The van der Waals surface area contributed by atoms with Crippen molar-refractivity contribution in [3.05, 3.63) is 23.2 Å². The highest BCUT2D eigenvalue weighted by Crippen LogP contribution is 2.17. The van der Waals surface area contributed by atoms with Crippen LogP contribution in [0.1, 0.15) is 0 Å². The summed E-state index contributed by atoms with van der Waals surface area (Å²) in [7, 11) is 0. The molecule has 3 nitrogen and oxygen atoms in total. The monoisotopic (exact) mass is 159 g/mol. The lowest BCUT2D eigenvalue weighted by molar-refractivity contribution is 1.66. The van der Waals surface area contributed by atoms with Crippen LogP contribution in [0, 0.1) is 0 Å². The Kier molecular flexibility index (Phi) is 2.99. The highest BCUT2D eigenvalue weighted by Gasteiger charge is 1.90. The van der Waals surface area contributed by atoms with Gasteiger partial charge in [-0.05, 0) is 18.2 Å². The lowest BCUT2D eigenvalue weighted by Gasteiger charge is -1.95. The number of anilines is 2. The van der Waals surface area contributed by atoms with Crippen LogP contribution in [0.4, 0.5) is 11.4 Å². The van der Waals surface area contributed by atoms with Crippen LogP contribution in [0.2, 0.25) is 5.02 Å². The molecule has 1 aromatic rings. The molecule has 0 aliphatic heterocycles. The molecule has 0 bridgehead atoms. The Bertz CT molecular complexity index is 174. The molecule has 56 valence electrons. The van der Waals surface area contributed by atoms with E-state index in [0.29, 0.717) is 16.4 Å². The third-order valence-corrected chi connectivity index (χ3v) is 1.16. The summed E-state index contributed by atoms with van der Waals surface area (Å²) < 4.78 is 0. The Balaban J connectivity index is 0.000000810. The molecule has 4 heteroatoms. The van der Waals surface area contributed by atoms with E-state index in [4.69, 9.17) is 23.1 Å². The van der Waals surface area contributed by atoms with Crippen LogP contribution < -0.4 is 17.6 Å². The van der Waals surface area contributed by atoms with E-state index in [-0.39, 0.29) is 6.15 Å². The van der Waals surface area contributed by atoms with Crippen LogP contribution in [0.3, 0.4) is 0 Å². The predicted molar refractivity (Wildman–Crippen MR) is 45.3 cm³/mol. The summed E-state index contributed by atoms with van der Waals surface area (Å²) in [4.78, 5) is 0. The molecule has 1 aromatic carbocycles. The minimum Gasteiger partial charge on any atom is -0.399 e. The lowest BCUT2D eigenvalue weighted by atomic mass is 10.3. The first-order chi connectivity index (χ1) is 4.18. The summed E-state index contributed by atoms with van der Waals surface area (Å²) in [5.41, 5.74) is 12.0. The predicted octanol–water partition coefficient (Wildman–Crippen LogP) is 1.67.